The minimum Gasteiger partial charge on any atom is -0.494 e. The Bertz CT molecular complexity index is 905. The number of carbonyl (C=O) groups is 1. The second-order valence-corrected chi connectivity index (χ2v) is 8.56. The first kappa shape index (κ1) is 18.4. The van der Waals surface area contributed by atoms with Crippen molar-refractivity contribution in [2.24, 2.45) is 0 Å². The van der Waals surface area contributed by atoms with Gasteiger partial charge in [-0.05, 0) is 44.5 Å². The number of rotatable bonds is 5. The van der Waals surface area contributed by atoms with Crippen molar-refractivity contribution < 1.29 is 17.9 Å². The topological polar surface area (TPSA) is 94.4 Å². The molecule has 0 radical (unpaired) electrons. The van der Waals surface area contributed by atoms with E-state index in [9.17, 15) is 13.2 Å². The number of carbonyl (C=O) groups excluding carboxylic acids is 1. The van der Waals surface area contributed by atoms with Gasteiger partial charge in [-0.2, -0.15) is 0 Å². The first-order chi connectivity index (χ1) is 12.3. The molecule has 9 heteroatoms. The van der Waals surface area contributed by atoms with E-state index < -0.39 is 9.84 Å². The number of ether oxygens (including phenoxy) is 1. The number of hydrogen-bond acceptors (Lipinski definition) is 6. The smallest absolute Gasteiger partial charge is 0.276 e. The van der Waals surface area contributed by atoms with Crippen LogP contribution in [0.2, 0.25) is 0 Å². The zero-order chi connectivity index (χ0) is 18.9. The Labute approximate surface area is 152 Å². The second-order valence-electron chi connectivity index (χ2n) is 6.34. The van der Waals surface area contributed by atoms with E-state index in [1.54, 1.807) is 18.7 Å². The molecule has 1 amide bonds. The molecule has 140 valence electrons. The van der Waals surface area contributed by atoms with Gasteiger partial charge in [-0.1, -0.05) is 5.21 Å². The van der Waals surface area contributed by atoms with E-state index >= 15 is 0 Å². The number of sulfone groups is 1. The molecular formula is C17H22N4O4S. The zero-order valence-corrected chi connectivity index (χ0v) is 15.9. The third kappa shape index (κ3) is 3.57. The summed E-state index contributed by atoms with van der Waals surface area (Å²) in [7, 11) is -1.45. The second kappa shape index (κ2) is 7.06. The van der Waals surface area contributed by atoms with Crippen molar-refractivity contribution in [3.8, 4) is 11.4 Å². The van der Waals surface area contributed by atoms with Gasteiger partial charge in [0.15, 0.2) is 15.5 Å². The molecule has 0 unspecified atom stereocenters. The number of nitrogens with zero attached hydrogens (tertiary/aromatic N) is 4. The van der Waals surface area contributed by atoms with Crippen LogP contribution in [0.25, 0.3) is 5.69 Å². The van der Waals surface area contributed by atoms with Gasteiger partial charge in [0.1, 0.15) is 5.75 Å². The molecule has 1 fully saturated rings. The molecule has 2 aromatic rings. The summed E-state index contributed by atoms with van der Waals surface area (Å²) in [6, 6.07) is 7.03. The van der Waals surface area contributed by atoms with Gasteiger partial charge in [-0.25, -0.2) is 13.1 Å². The molecule has 1 atom stereocenters. The van der Waals surface area contributed by atoms with Gasteiger partial charge < -0.3 is 9.64 Å². The lowest BCUT2D eigenvalue weighted by Crippen LogP contribution is -2.38. The van der Waals surface area contributed by atoms with Crippen molar-refractivity contribution in [2.45, 2.75) is 26.3 Å². The fraction of sp³-hybridized carbons (Fsp3) is 0.471. The van der Waals surface area contributed by atoms with E-state index in [1.165, 1.54) is 4.90 Å². The minimum atomic E-state index is -3.06. The predicted octanol–water partition coefficient (Wildman–Crippen LogP) is 1.23. The normalized spacial score (nSPS) is 18.7. The molecule has 1 aromatic carbocycles. The van der Waals surface area contributed by atoms with Crippen LogP contribution in [0.15, 0.2) is 24.3 Å². The van der Waals surface area contributed by atoms with Crippen LogP contribution in [0.4, 0.5) is 0 Å². The van der Waals surface area contributed by atoms with E-state index in [-0.39, 0.29) is 29.1 Å². The minimum absolute atomic E-state index is 0.00131. The largest absolute Gasteiger partial charge is 0.494 e. The average Bonchev–Trinajstić information content (AvgIpc) is 3.17. The molecule has 1 saturated heterocycles. The molecule has 0 bridgehead atoms. The molecule has 1 aliphatic rings. The van der Waals surface area contributed by atoms with Crippen molar-refractivity contribution >= 4 is 15.7 Å². The number of aromatic nitrogens is 3. The van der Waals surface area contributed by atoms with Crippen molar-refractivity contribution in [1.82, 2.24) is 19.9 Å². The number of benzene rings is 1. The van der Waals surface area contributed by atoms with Crippen LogP contribution in [0.5, 0.6) is 5.75 Å². The van der Waals surface area contributed by atoms with Crippen LogP contribution in [0.3, 0.4) is 0 Å². The van der Waals surface area contributed by atoms with Gasteiger partial charge >= 0.3 is 0 Å². The van der Waals surface area contributed by atoms with Gasteiger partial charge in [0.25, 0.3) is 5.91 Å². The number of hydrogen-bond donors (Lipinski definition) is 0. The first-order valence-corrected chi connectivity index (χ1v) is 10.3. The molecule has 26 heavy (non-hydrogen) atoms. The Morgan fingerprint density at radius 2 is 2.04 bits per heavy atom. The molecule has 8 nitrogen and oxygen atoms in total. The fourth-order valence-corrected chi connectivity index (χ4v) is 4.81. The highest BCUT2D eigenvalue weighted by molar-refractivity contribution is 7.91. The molecule has 2 heterocycles. The monoisotopic (exact) mass is 378 g/mol. The van der Waals surface area contributed by atoms with Crippen LogP contribution in [-0.4, -0.2) is 65.4 Å². The standard InChI is InChI=1S/C17H22N4O4S/c1-4-25-15-7-5-13(6-8-15)21-12(2)16(18-19-21)17(22)20(3)14-9-10-26(23,24)11-14/h5-8,14H,4,9-11H2,1-3H3/t14-/m0/s1. The van der Waals surface area contributed by atoms with Gasteiger partial charge in [-0.3, -0.25) is 4.79 Å². The van der Waals surface area contributed by atoms with E-state index in [2.05, 4.69) is 10.3 Å². The molecule has 0 N–H and O–H groups in total. The van der Waals surface area contributed by atoms with Gasteiger partial charge in [0.05, 0.1) is 29.5 Å². The maximum absolute atomic E-state index is 12.7. The molecule has 3 rings (SSSR count). The van der Waals surface area contributed by atoms with Crippen molar-refractivity contribution in [1.29, 1.82) is 0 Å². The van der Waals surface area contributed by atoms with Gasteiger partial charge in [-0.15, -0.1) is 5.10 Å². The highest BCUT2D eigenvalue weighted by Gasteiger charge is 2.34. The van der Waals surface area contributed by atoms with E-state index in [0.29, 0.717) is 18.7 Å². The van der Waals surface area contributed by atoms with Crippen molar-refractivity contribution in [3.63, 3.8) is 0 Å². The molecule has 0 aliphatic carbocycles. The fourth-order valence-electron chi connectivity index (χ4n) is 3.04. The Kier molecular flexibility index (Phi) is 4.99. The lowest BCUT2D eigenvalue weighted by atomic mass is 10.2. The Morgan fingerprint density at radius 1 is 1.35 bits per heavy atom. The first-order valence-electron chi connectivity index (χ1n) is 8.45. The molecular weight excluding hydrogens is 356 g/mol. The lowest BCUT2D eigenvalue weighted by Gasteiger charge is -2.22. The molecule has 0 spiro atoms. The molecule has 0 saturated carbocycles. The third-order valence-corrected chi connectivity index (χ3v) is 6.32. The highest BCUT2D eigenvalue weighted by Crippen LogP contribution is 2.21. The third-order valence-electron chi connectivity index (χ3n) is 4.57. The SMILES string of the molecule is CCOc1ccc(-n2nnc(C(=O)N(C)[C@H]3CCS(=O)(=O)C3)c2C)cc1. The summed E-state index contributed by atoms with van der Waals surface area (Å²) in [5, 5.41) is 8.10. The van der Waals surface area contributed by atoms with Crippen LogP contribution in [0.1, 0.15) is 29.5 Å². The summed E-state index contributed by atoms with van der Waals surface area (Å²) >= 11 is 0. The van der Waals surface area contributed by atoms with Gasteiger partial charge in [0.2, 0.25) is 0 Å². The summed E-state index contributed by atoms with van der Waals surface area (Å²) in [5.74, 6) is 0.559. The summed E-state index contributed by atoms with van der Waals surface area (Å²) in [4.78, 5) is 14.2. The van der Waals surface area contributed by atoms with Crippen molar-refractivity contribution in [3.05, 3.63) is 35.7 Å². The lowest BCUT2D eigenvalue weighted by molar-refractivity contribution is 0.0741. The van der Waals surface area contributed by atoms with E-state index in [4.69, 9.17) is 4.74 Å². The zero-order valence-electron chi connectivity index (χ0n) is 15.0. The Hall–Kier alpha value is -2.42. The average molecular weight is 378 g/mol. The van der Waals surface area contributed by atoms with E-state index in [0.717, 1.165) is 11.4 Å². The van der Waals surface area contributed by atoms with Crippen LogP contribution < -0.4 is 4.74 Å². The molecule has 1 aliphatic heterocycles. The Balaban J connectivity index is 1.81. The van der Waals surface area contributed by atoms with Crippen LogP contribution in [-0.2, 0) is 9.84 Å². The summed E-state index contributed by atoms with van der Waals surface area (Å²) in [6.07, 6.45) is 0.455. The maximum Gasteiger partial charge on any atom is 0.276 e. The van der Waals surface area contributed by atoms with Crippen LogP contribution in [0, 0.1) is 6.92 Å². The Morgan fingerprint density at radius 3 is 2.62 bits per heavy atom. The van der Waals surface area contributed by atoms with Crippen LogP contribution >= 0.6 is 0 Å². The summed E-state index contributed by atoms with van der Waals surface area (Å²) in [5.41, 5.74) is 1.60. The quantitative estimate of drug-likeness (QED) is 0.777. The summed E-state index contributed by atoms with van der Waals surface area (Å²) in [6.45, 7) is 4.27. The highest BCUT2D eigenvalue weighted by atomic mass is 32.2. The van der Waals surface area contributed by atoms with E-state index in [1.807, 2.05) is 31.2 Å². The van der Waals surface area contributed by atoms with Crippen molar-refractivity contribution in [2.75, 3.05) is 25.2 Å². The predicted molar refractivity (Wildman–Crippen MR) is 96.4 cm³/mol. The van der Waals surface area contributed by atoms with Gasteiger partial charge in [0, 0.05) is 13.1 Å². The molecule has 1 aromatic heterocycles. The summed E-state index contributed by atoms with van der Waals surface area (Å²) < 4.78 is 30.3. The maximum atomic E-state index is 12.7. The number of amides is 1.